The number of hydrogen-bond acceptors (Lipinski definition) is 6. The van der Waals surface area contributed by atoms with Crippen LogP contribution in [0.25, 0.3) is 11.1 Å². The Morgan fingerprint density at radius 3 is 2.19 bits per heavy atom. The summed E-state index contributed by atoms with van der Waals surface area (Å²) in [4.78, 5) is 36.2. The predicted octanol–water partition coefficient (Wildman–Crippen LogP) is 3.29. The molecule has 0 radical (unpaired) electrons. The number of carboxylic acid groups (broad SMARTS) is 1. The molecule has 1 unspecified atom stereocenters. The van der Waals surface area contributed by atoms with Crippen LogP contribution in [0.15, 0.2) is 48.5 Å². The molecule has 0 bridgehead atoms. The van der Waals surface area contributed by atoms with E-state index in [9.17, 15) is 14.4 Å². The van der Waals surface area contributed by atoms with Crippen LogP contribution in [0.2, 0.25) is 0 Å². The number of hydrogen-bond donors (Lipinski definition) is 3. The zero-order chi connectivity index (χ0) is 22.5. The van der Waals surface area contributed by atoms with Gasteiger partial charge < -0.3 is 20.5 Å². The molecule has 2 aromatic rings. The molecule has 1 aliphatic carbocycles. The highest BCUT2D eigenvalue weighted by atomic mass is 32.2. The highest BCUT2D eigenvalue weighted by Gasteiger charge is 2.30. The molecule has 1 saturated heterocycles. The van der Waals surface area contributed by atoms with Gasteiger partial charge in [-0.15, -0.1) is 23.5 Å². The molecule has 1 fully saturated rings. The summed E-state index contributed by atoms with van der Waals surface area (Å²) in [5.74, 6) is 0.253. The summed E-state index contributed by atoms with van der Waals surface area (Å²) in [6.45, 7) is 0.521. The normalized spacial score (nSPS) is 16.1. The number of rotatable bonds is 8. The maximum absolute atomic E-state index is 12.5. The largest absolute Gasteiger partial charge is 0.481 e. The lowest BCUT2D eigenvalue weighted by atomic mass is 9.98. The maximum atomic E-state index is 12.5. The Bertz CT molecular complexity index is 964. The number of fused-ring (bicyclic) bond motifs is 3. The predicted molar refractivity (Wildman–Crippen MR) is 126 cm³/mol. The number of alkyl carbamates (subject to hydrolysis) is 1. The average molecular weight is 473 g/mol. The van der Waals surface area contributed by atoms with E-state index in [1.807, 2.05) is 48.5 Å². The third-order valence-electron chi connectivity index (χ3n) is 5.46. The number of carboxylic acids is 1. The molecule has 2 amide bonds. The first kappa shape index (κ1) is 22.5. The first-order chi connectivity index (χ1) is 15.5. The van der Waals surface area contributed by atoms with E-state index in [2.05, 4.69) is 10.6 Å². The van der Waals surface area contributed by atoms with Crippen molar-refractivity contribution in [3.05, 3.63) is 59.7 Å². The second-order valence-electron chi connectivity index (χ2n) is 7.54. The molecule has 168 valence electrons. The molecule has 1 heterocycles. The van der Waals surface area contributed by atoms with Crippen molar-refractivity contribution in [1.82, 2.24) is 10.6 Å². The van der Waals surface area contributed by atoms with Gasteiger partial charge in [-0.3, -0.25) is 9.59 Å². The van der Waals surface area contributed by atoms with Gasteiger partial charge in [-0.2, -0.15) is 0 Å². The van der Waals surface area contributed by atoms with E-state index in [-0.39, 0.29) is 17.1 Å². The monoisotopic (exact) mass is 472 g/mol. The molecule has 32 heavy (non-hydrogen) atoms. The van der Waals surface area contributed by atoms with Gasteiger partial charge in [0.2, 0.25) is 5.91 Å². The number of carbonyl (C=O) groups excluding carboxylic acids is 2. The third kappa shape index (κ3) is 5.21. The zero-order valence-electron chi connectivity index (χ0n) is 17.3. The minimum absolute atomic E-state index is 0.0939. The molecule has 2 aromatic carbocycles. The van der Waals surface area contributed by atoms with Crippen LogP contribution in [0.3, 0.4) is 0 Å². The van der Waals surface area contributed by atoms with E-state index >= 15 is 0 Å². The number of benzene rings is 2. The summed E-state index contributed by atoms with van der Waals surface area (Å²) in [7, 11) is 0. The Morgan fingerprint density at radius 1 is 1.00 bits per heavy atom. The summed E-state index contributed by atoms with van der Waals surface area (Å²) in [6.07, 6.45) is -1.32. The standard InChI is InChI=1S/C23H24N2O5S2/c26-20(27)11-19(22(28)24-12-21-31-9-10-32-21)25-23(29)30-13-18-16-7-3-1-5-14(16)15-6-2-4-8-17(15)18/h1-8,18-19,21H,9-13H2,(H,24,28)(H,25,29)(H,26,27). The maximum Gasteiger partial charge on any atom is 0.407 e. The molecule has 1 aliphatic heterocycles. The van der Waals surface area contributed by atoms with E-state index in [0.29, 0.717) is 6.54 Å². The Morgan fingerprint density at radius 2 is 1.59 bits per heavy atom. The van der Waals surface area contributed by atoms with Gasteiger partial charge in [0.25, 0.3) is 0 Å². The zero-order valence-corrected chi connectivity index (χ0v) is 18.9. The Labute approximate surface area is 194 Å². The molecule has 1 atom stereocenters. The highest BCUT2D eigenvalue weighted by Crippen LogP contribution is 2.44. The molecule has 0 aromatic heterocycles. The minimum Gasteiger partial charge on any atom is -0.481 e. The average Bonchev–Trinajstić information content (AvgIpc) is 3.41. The summed E-state index contributed by atoms with van der Waals surface area (Å²) in [5.41, 5.74) is 4.38. The molecule has 9 heteroatoms. The fourth-order valence-electron chi connectivity index (χ4n) is 4.00. The summed E-state index contributed by atoms with van der Waals surface area (Å²) in [5, 5.41) is 14.3. The van der Waals surface area contributed by atoms with Gasteiger partial charge in [-0.1, -0.05) is 48.5 Å². The van der Waals surface area contributed by atoms with E-state index in [0.717, 1.165) is 33.8 Å². The van der Waals surface area contributed by atoms with Gasteiger partial charge in [0.1, 0.15) is 12.6 Å². The molecule has 4 rings (SSSR count). The fourth-order valence-corrected chi connectivity index (χ4v) is 6.66. The fraction of sp³-hybridized carbons (Fsp3) is 0.348. The van der Waals surface area contributed by atoms with Crippen molar-refractivity contribution >= 4 is 41.5 Å². The topological polar surface area (TPSA) is 105 Å². The molecular formula is C23H24N2O5S2. The summed E-state index contributed by atoms with van der Waals surface area (Å²) >= 11 is 3.51. The highest BCUT2D eigenvalue weighted by molar-refractivity contribution is 8.20. The summed E-state index contributed by atoms with van der Waals surface area (Å²) < 4.78 is 5.70. The number of aliphatic carboxylic acids is 1. The first-order valence-corrected chi connectivity index (χ1v) is 12.5. The van der Waals surface area contributed by atoms with Crippen molar-refractivity contribution in [1.29, 1.82) is 0 Å². The van der Waals surface area contributed by atoms with Gasteiger partial charge in [-0.05, 0) is 22.3 Å². The van der Waals surface area contributed by atoms with Crippen LogP contribution in [0.4, 0.5) is 4.79 Å². The number of ether oxygens (including phenoxy) is 1. The van der Waals surface area contributed by atoms with Crippen molar-refractivity contribution < 1.29 is 24.2 Å². The van der Waals surface area contributed by atoms with E-state index in [4.69, 9.17) is 9.84 Å². The lowest BCUT2D eigenvalue weighted by molar-refractivity contribution is -0.139. The molecule has 7 nitrogen and oxygen atoms in total. The lowest BCUT2D eigenvalue weighted by Crippen LogP contribution is -2.49. The third-order valence-corrected chi connectivity index (χ3v) is 8.50. The molecule has 3 N–H and O–H groups in total. The van der Waals surface area contributed by atoms with Crippen LogP contribution in [-0.4, -0.2) is 58.4 Å². The van der Waals surface area contributed by atoms with Crippen LogP contribution in [0.5, 0.6) is 0 Å². The van der Waals surface area contributed by atoms with Crippen molar-refractivity contribution in [2.75, 3.05) is 24.7 Å². The van der Waals surface area contributed by atoms with Gasteiger partial charge in [0, 0.05) is 24.0 Å². The summed E-state index contributed by atoms with van der Waals surface area (Å²) in [6, 6.07) is 14.8. The molecular weight excluding hydrogens is 448 g/mol. The second-order valence-corrected chi connectivity index (χ2v) is 10.5. The number of nitrogens with one attached hydrogen (secondary N) is 2. The first-order valence-electron chi connectivity index (χ1n) is 10.4. The second kappa shape index (κ2) is 10.3. The number of carbonyl (C=O) groups is 3. The lowest BCUT2D eigenvalue weighted by Gasteiger charge is -2.19. The van der Waals surface area contributed by atoms with Gasteiger partial charge in [0.15, 0.2) is 0 Å². The Hall–Kier alpha value is -2.65. The van der Waals surface area contributed by atoms with Crippen LogP contribution >= 0.6 is 23.5 Å². The van der Waals surface area contributed by atoms with Crippen molar-refractivity contribution in [3.8, 4) is 11.1 Å². The Kier molecular flexibility index (Phi) is 7.26. The molecule has 2 aliphatic rings. The SMILES string of the molecule is O=C(O)CC(NC(=O)OCC1c2ccccc2-c2ccccc21)C(=O)NCC1SCCS1. The van der Waals surface area contributed by atoms with E-state index in [1.165, 1.54) is 0 Å². The Balaban J connectivity index is 1.37. The number of thioether (sulfide) groups is 2. The van der Waals surface area contributed by atoms with Gasteiger partial charge in [-0.25, -0.2) is 4.79 Å². The van der Waals surface area contributed by atoms with Gasteiger partial charge in [0.05, 0.1) is 11.0 Å². The van der Waals surface area contributed by atoms with Crippen molar-refractivity contribution in [3.63, 3.8) is 0 Å². The minimum atomic E-state index is -1.19. The smallest absolute Gasteiger partial charge is 0.407 e. The van der Waals surface area contributed by atoms with Crippen LogP contribution in [0.1, 0.15) is 23.5 Å². The van der Waals surface area contributed by atoms with Gasteiger partial charge >= 0.3 is 12.1 Å². The van der Waals surface area contributed by atoms with E-state index in [1.54, 1.807) is 23.5 Å². The van der Waals surface area contributed by atoms with Crippen LogP contribution in [0, 0.1) is 0 Å². The van der Waals surface area contributed by atoms with Crippen molar-refractivity contribution in [2.24, 2.45) is 0 Å². The van der Waals surface area contributed by atoms with E-state index < -0.39 is 30.4 Å². The van der Waals surface area contributed by atoms with Crippen LogP contribution < -0.4 is 10.6 Å². The van der Waals surface area contributed by atoms with Crippen molar-refractivity contribution in [2.45, 2.75) is 23.0 Å². The van der Waals surface area contributed by atoms with Crippen LogP contribution in [-0.2, 0) is 14.3 Å². The molecule has 0 spiro atoms. The molecule has 0 saturated carbocycles. The number of amides is 2. The quantitative estimate of drug-likeness (QED) is 0.541.